The molecule has 0 spiro atoms. The lowest BCUT2D eigenvalue weighted by molar-refractivity contribution is -0.687. The zero-order valence-corrected chi connectivity index (χ0v) is 9.21. The predicted molar refractivity (Wildman–Crippen MR) is 56.4 cm³/mol. The van der Waals surface area contributed by atoms with E-state index in [1.54, 1.807) is 17.0 Å². The quantitative estimate of drug-likeness (QED) is 0.641. The summed E-state index contributed by atoms with van der Waals surface area (Å²) in [6.07, 6.45) is 3.42. The van der Waals surface area contributed by atoms with Crippen molar-refractivity contribution in [3.05, 3.63) is 53.6 Å². The molecule has 1 N–H and O–H groups in total. The molecule has 0 saturated heterocycles. The van der Waals surface area contributed by atoms with Crippen LogP contribution in [0.2, 0.25) is 0 Å². The first-order valence-electron chi connectivity index (χ1n) is 5.09. The normalized spacial score (nSPS) is 10.5. The molecule has 2 aromatic rings. The number of benzene rings is 1. The van der Waals surface area contributed by atoms with Gasteiger partial charge in [-0.05, 0) is 18.2 Å². The van der Waals surface area contributed by atoms with Gasteiger partial charge in [-0.1, -0.05) is 0 Å². The second kappa shape index (κ2) is 4.45. The second-order valence-electron chi connectivity index (χ2n) is 3.73. The van der Waals surface area contributed by atoms with Crippen molar-refractivity contribution in [2.75, 3.05) is 0 Å². The van der Waals surface area contributed by atoms with Crippen LogP contribution in [0.25, 0.3) is 0 Å². The molecule has 0 unspecified atom stereocenters. The number of halogens is 2. The number of carbonyl (C=O) groups excluding carboxylic acids is 1. The Labute approximate surface area is 96.7 Å². The van der Waals surface area contributed by atoms with Gasteiger partial charge in [0.25, 0.3) is 5.82 Å². The topological polar surface area (TPSA) is 36.7 Å². The largest absolute Gasteiger partial charge is 0.290 e. The molecule has 88 valence electrons. The van der Waals surface area contributed by atoms with Crippen molar-refractivity contribution in [2.45, 2.75) is 13.5 Å². The average molecular weight is 237 g/mol. The van der Waals surface area contributed by atoms with Gasteiger partial charge in [-0.25, -0.2) is 18.3 Å². The fourth-order valence-corrected chi connectivity index (χ4v) is 1.53. The first-order chi connectivity index (χ1) is 8.08. The summed E-state index contributed by atoms with van der Waals surface area (Å²) in [6.45, 7) is 1.92. The Morgan fingerprint density at radius 3 is 2.71 bits per heavy atom. The van der Waals surface area contributed by atoms with E-state index in [1.807, 2.05) is 6.92 Å². The maximum absolute atomic E-state index is 13.0. The molecule has 1 heterocycles. The fraction of sp³-hybridized carbons (Fsp3) is 0.167. The van der Waals surface area contributed by atoms with E-state index >= 15 is 0 Å². The molecule has 0 saturated carbocycles. The molecular weight excluding hydrogens is 226 g/mol. The molecule has 0 aliphatic rings. The zero-order chi connectivity index (χ0) is 12.4. The molecule has 1 aromatic heterocycles. The highest BCUT2D eigenvalue weighted by Gasteiger charge is 2.14. The predicted octanol–water partition coefficient (Wildman–Crippen LogP) is 1.77. The third-order valence-corrected chi connectivity index (χ3v) is 2.53. The van der Waals surface area contributed by atoms with Gasteiger partial charge in [-0.3, -0.25) is 4.79 Å². The number of Topliss-reactive ketones (excluding diaryl/α,β-unsaturated/α-hetero) is 1. The van der Waals surface area contributed by atoms with Gasteiger partial charge >= 0.3 is 0 Å². The molecule has 0 amide bonds. The van der Waals surface area contributed by atoms with Gasteiger partial charge in [0.1, 0.15) is 12.4 Å². The van der Waals surface area contributed by atoms with E-state index in [0.717, 1.165) is 18.0 Å². The van der Waals surface area contributed by atoms with Crippen LogP contribution in [0.15, 0.2) is 30.6 Å². The molecule has 0 bridgehead atoms. The first kappa shape index (κ1) is 11.4. The molecule has 0 atom stereocenters. The summed E-state index contributed by atoms with van der Waals surface area (Å²) < 4.78 is 27.4. The minimum Gasteiger partial charge on any atom is -0.290 e. The number of rotatable bonds is 3. The summed E-state index contributed by atoms with van der Waals surface area (Å²) in [5.74, 6) is -1.41. The smallest absolute Gasteiger partial charge is 0.251 e. The number of nitrogens with one attached hydrogen (secondary N) is 1. The van der Waals surface area contributed by atoms with Gasteiger partial charge < -0.3 is 0 Å². The van der Waals surface area contributed by atoms with E-state index in [0.29, 0.717) is 0 Å². The van der Waals surface area contributed by atoms with Crippen LogP contribution in [0.1, 0.15) is 16.2 Å². The van der Waals surface area contributed by atoms with Crippen LogP contribution in [0.4, 0.5) is 8.78 Å². The number of aromatic nitrogens is 2. The monoisotopic (exact) mass is 237 g/mol. The number of hydrogen-bond acceptors (Lipinski definition) is 1. The van der Waals surface area contributed by atoms with Crippen molar-refractivity contribution in [3.63, 3.8) is 0 Å². The lowest BCUT2D eigenvalue weighted by Crippen LogP contribution is -2.38. The summed E-state index contributed by atoms with van der Waals surface area (Å²) >= 11 is 0. The SMILES string of the molecule is Cc1[nH]cc[n+]1CC(=O)c1ccc(F)c(F)c1. The summed E-state index contributed by atoms with van der Waals surface area (Å²) in [5, 5.41) is 0. The molecular formula is C12H11F2N2O+. The second-order valence-corrected chi connectivity index (χ2v) is 3.73. The summed E-state index contributed by atoms with van der Waals surface area (Å²) in [7, 11) is 0. The lowest BCUT2D eigenvalue weighted by Gasteiger charge is -2.00. The van der Waals surface area contributed by atoms with Crippen molar-refractivity contribution < 1.29 is 18.1 Å². The van der Waals surface area contributed by atoms with E-state index in [4.69, 9.17) is 0 Å². The number of aryl methyl sites for hydroxylation is 1. The van der Waals surface area contributed by atoms with Crippen molar-refractivity contribution in [1.82, 2.24) is 4.98 Å². The molecule has 3 nitrogen and oxygen atoms in total. The van der Waals surface area contributed by atoms with Crippen molar-refractivity contribution >= 4 is 5.78 Å². The summed E-state index contributed by atoms with van der Waals surface area (Å²) in [6, 6.07) is 3.15. The minimum atomic E-state index is -1.01. The van der Waals surface area contributed by atoms with E-state index in [2.05, 4.69) is 4.98 Å². The fourth-order valence-electron chi connectivity index (χ4n) is 1.53. The number of ketones is 1. The molecule has 17 heavy (non-hydrogen) atoms. The average Bonchev–Trinajstić information content (AvgIpc) is 2.68. The maximum Gasteiger partial charge on any atom is 0.251 e. The number of carbonyl (C=O) groups is 1. The zero-order valence-electron chi connectivity index (χ0n) is 9.21. The van der Waals surface area contributed by atoms with Crippen LogP contribution in [0, 0.1) is 18.6 Å². The van der Waals surface area contributed by atoms with E-state index < -0.39 is 11.6 Å². The number of imidazole rings is 1. The molecule has 2 rings (SSSR count). The Hall–Kier alpha value is -2.04. The minimum absolute atomic E-state index is 0.0976. The van der Waals surface area contributed by atoms with Crippen LogP contribution in [0.3, 0.4) is 0 Å². The Kier molecular flexibility index (Phi) is 2.99. The van der Waals surface area contributed by atoms with Crippen LogP contribution >= 0.6 is 0 Å². The molecule has 1 aromatic carbocycles. The maximum atomic E-state index is 13.0. The lowest BCUT2D eigenvalue weighted by atomic mass is 10.1. The van der Waals surface area contributed by atoms with Crippen LogP contribution in [-0.2, 0) is 6.54 Å². The van der Waals surface area contributed by atoms with Gasteiger partial charge in [0.05, 0.1) is 0 Å². The first-order valence-corrected chi connectivity index (χ1v) is 5.09. The molecule has 0 fully saturated rings. The summed E-state index contributed by atoms with van der Waals surface area (Å²) in [5.41, 5.74) is 0.164. The van der Waals surface area contributed by atoms with Gasteiger partial charge in [0.15, 0.2) is 18.2 Å². The highest BCUT2D eigenvalue weighted by atomic mass is 19.2. The van der Waals surface area contributed by atoms with Crippen LogP contribution < -0.4 is 4.57 Å². The number of nitrogens with zero attached hydrogens (tertiary/aromatic N) is 1. The summed E-state index contributed by atoms with van der Waals surface area (Å²) in [4.78, 5) is 14.7. The van der Waals surface area contributed by atoms with Gasteiger partial charge in [-0.15, -0.1) is 0 Å². The number of H-pyrrole nitrogens is 1. The third kappa shape index (κ3) is 2.38. The highest BCUT2D eigenvalue weighted by molar-refractivity contribution is 5.95. The van der Waals surface area contributed by atoms with E-state index in [1.165, 1.54) is 6.07 Å². The van der Waals surface area contributed by atoms with Gasteiger partial charge in [0.2, 0.25) is 5.78 Å². The Morgan fingerprint density at radius 1 is 1.35 bits per heavy atom. The third-order valence-electron chi connectivity index (χ3n) is 2.53. The Bertz CT molecular complexity index is 563. The number of aromatic amines is 1. The molecule has 5 heteroatoms. The van der Waals surface area contributed by atoms with E-state index in [-0.39, 0.29) is 17.9 Å². The molecule has 0 aliphatic carbocycles. The van der Waals surface area contributed by atoms with Crippen LogP contribution in [-0.4, -0.2) is 10.8 Å². The number of hydrogen-bond donors (Lipinski definition) is 1. The Balaban J connectivity index is 2.20. The highest BCUT2D eigenvalue weighted by Crippen LogP contribution is 2.09. The van der Waals surface area contributed by atoms with Gasteiger partial charge in [-0.2, -0.15) is 0 Å². The van der Waals surface area contributed by atoms with Crippen molar-refractivity contribution in [2.24, 2.45) is 0 Å². The van der Waals surface area contributed by atoms with Crippen molar-refractivity contribution in [1.29, 1.82) is 0 Å². The van der Waals surface area contributed by atoms with Crippen molar-refractivity contribution in [3.8, 4) is 0 Å². The van der Waals surface area contributed by atoms with Crippen LogP contribution in [0.5, 0.6) is 0 Å². The Morgan fingerprint density at radius 2 is 2.12 bits per heavy atom. The van der Waals surface area contributed by atoms with E-state index in [9.17, 15) is 13.6 Å². The molecule has 0 aliphatic heterocycles. The molecule has 0 radical (unpaired) electrons. The van der Waals surface area contributed by atoms with Gasteiger partial charge in [0, 0.05) is 12.5 Å². The standard InChI is InChI=1S/C12H10F2N2O/c1-8-15-4-5-16(8)7-12(17)9-2-3-10(13)11(14)6-9/h2-6H,7H2,1H3/p+1.